The summed E-state index contributed by atoms with van der Waals surface area (Å²) < 4.78 is 24.8. The number of hydrogen-bond acceptors (Lipinski definition) is 7. The molecule has 0 spiro atoms. The van der Waals surface area contributed by atoms with Crippen molar-refractivity contribution in [2.24, 2.45) is 0 Å². The van der Waals surface area contributed by atoms with Crippen molar-refractivity contribution in [3.8, 4) is 5.69 Å². The van der Waals surface area contributed by atoms with E-state index in [1.54, 1.807) is 40.7 Å². The number of para-hydroxylation sites is 1. The van der Waals surface area contributed by atoms with Crippen LogP contribution in [0.25, 0.3) is 16.6 Å². The minimum Gasteiger partial charge on any atom is -0.241 e. The lowest BCUT2D eigenvalue weighted by Gasteiger charge is -2.07. The molecule has 0 saturated heterocycles. The van der Waals surface area contributed by atoms with Gasteiger partial charge < -0.3 is 0 Å². The van der Waals surface area contributed by atoms with Gasteiger partial charge in [0, 0.05) is 11.6 Å². The van der Waals surface area contributed by atoms with Gasteiger partial charge in [-0.15, -0.1) is 5.10 Å². The fourth-order valence-corrected chi connectivity index (χ4v) is 4.37. The predicted molar refractivity (Wildman–Crippen MR) is 108 cm³/mol. The molecule has 9 heteroatoms. The van der Waals surface area contributed by atoms with Gasteiger partial charge >= 0.3 is 0 Å². The fraction of sp³-hybridized carbons (Fsp3) is 0.158. The second-order valence-corrected chi connectivity index (χ2v) is 9.37. The van der Waals surface area contributed by atoms with Gasteiger partial charge in [-0.2, -0.15) is 4.68 Å². The Kier molecular flexibility index (Phi) is 4.86. The maximum absolute atomic E-state index is 11.6. The molecule has 0 amide bonds. The largest absolute Gasteiger partial charge is 0.241 e. The van der Waals surface area contributed by atoms with Crippen molar-refractivity contribution in [1.29, 1.82) is 0 Å². The van der Waals surface area contributed by atoms with Gasteiger partial charge in [0.25, 0.3) is 0 Å². The van der Waals surface area contributed by atoms with Crippen molar-refractivity contribution in [2.75, 3.05) is 6.26 Å². The van der Waals surface area contributed by atoms with Crippen molar-refractivity contribution in [3.05, 3.63) is 66.0 Å². The predicted octanol–water partition coefficient (Wildman–Crippen LogP) is 3.21. The molecule has 0 bridgehead atoms. The second kappa shape index (κ2) is 7.33. The summed E-state index contributed by atoms with van der Waals surface area (Å²) in [5.74, 6) is 1.19. The average Bonchev–Trinajstić information content (AvgIpc) is 3.14. The van der Waals surface area contributed by atoms with Gasteiger partial charge in [0.2, 0.25) is 0 Å². The molecule has 7 nitrogen and oxygen atoms in total. The molecule has 28 heavy (non-hydrogen) atoms. The number of benzene rings is 2. The van der Waals surface area contributed by atoms with Gasteiger partial charge in [-0.05, 0) is 59.3 Å². The van der Waals surface area contributed by atoms with Crippen molar-refractivity contribution >= 4 is 32.5 Å². The molecule has 0 aliphatic rings. The number of rotatable bonds is 5. The fourth-order valence-electron chi connectivity index (χ4n) is 2.86. The Morgan fingerprint density at radius 1 is 1.07 bits per heavy atom. The van der Waals surface area contributed by atoms with Crippen molar-refractivity contribution in [1.82, 2.24) is 25.2 Å². The Bertz CT molecular complexity index is 1250. The summed E-state index contributed by atoms with van der Waals surface area (Å²) >= 11 is 1.55. The standard InChI is InChI=1S/C19H17N5O2S2/c1-13-11-19(20-17-6-4-3-5-16(13)17)27-12-18-21-22-23-24(18)14-7-9-15(10-8-14)28(2,25)26/h3-11H,12H2,1-2H3. The van der Waals surface area contributed by atoms with Crippen LogP contribution >= 0.6 is 11.8 Å². The lowest BCUT2D eigenvalue weighted by Crippen LogP contribution is -2.03. The minimum absolute atomic E-state index is 0.260. The van der Waals surface area contributed by atoms with Crippen LogP contribution in [-0.2, 0) is 15.6 Å². The van der Waals surface area contributed by atoms with Crippen LogP contribution in [0.15, 0.2) is 64.5 Å². The van der Waals surface area contributed by atoms with Crippen LogP contribution in [0.4, 0.5) is 0 Å². The Morgan fingerprint density at radius 2 is 1.82 bits per heavy atom. The topological polar surface area (TPSA) is 90.6 Å². The number of nitrogens with zero attached hydrogens (tertiary/aromatic N) is 5. The van der Waals surface area contributed by atoms with E-state index >= 15 is 0 Å². The van der Waals surface area contributed by atoms with Crippen LogP contribution < -0.4 is 0 Å². The lowest BCUT2D eigenvalue weighted by molar-refractivity contribution is 0.602. The number of fused-ring (bicyclic) bond motifs is 1. The van der Waals surface area contributed by atoms with Gasteiger partial charge in [0.15, 0.2) is 15.7 Å². The quantitative estimate of drug-likeness (QED) is 0.466. The van der Waals surface area contributed by atoms with Crippen LogP contribution in [0, 0.1) is 6.92 Å². The maximum Gasteiger partial charge on any atom is 0.175 e. The number of aryl methyl sites for hydroxylation is 1. The van der Waals surface area contributed by atoms with Crippen LogP contribution in [0.3, 0.4) is 0 Å². The first kappa shape index (κ1) is 18.6. The van der Waals surface area contributed by atoms with Gasteiger partial charge in [-0.3, -0.25) is 0 Å². The van der Waals surface area contributed by atoms with E-state index in [1.807, 2.05) is 18.2 Å². The highest BCUT2D eigenvalue weighted by molar-refractivity contribution is 7.98. The van der Waals surface area contributed by atoms with Crippen LogP contribution in [0.1, 0.15) is 11.4 Å². The maximum atomic E-state index is 11.6. The third kappa shape index (κ3) is 3.76. The van der Waals surface area contributed by atoms with Gasteiger partial charge in [-0.25, -0.2) is 13.4 Å². The summed E-state index contributed by atoms with van der Waals surface area (Å²) in [6, 6.07) is 16.6. The molecule has 4 rings (SSSR count). The molecule has 0 aliphatic carbocycles. The van der Waals surface area contributed by atoms with E-state index in [-0.39, 0.29) is 4.90 Å². The first-order valence-electron chi connectivity index (χ1n) is 8.49. The van der Waals surface area contributed by atoms with Gasteiger partial charge in [-0.1, -0.05) is 30.0 Å². The number of pyridine rings is 1. The molecule has 0 aliphatic heterocycles. The zero-order chi connectivity index (χ0) is 19.7. The van der Waals surface area contributed by atoms with E-state index in [9.17, 15) is 8.42 Å². The summed E-state index contributed by atoms with van der Waals surface area (Å²) in [7, 11) is -3.24. The van der Waals surface area contributed by atoms with E-state index in [0.717, 1.165) is 15.9 Å². The van der Waals surface area contributed by atoms with E-state index in [2.05, 4.69) is 34.6 Å². The summed E-state index contributed by atoms with van der Waals surface area (Å²) in [5.41, 5.74) is 2.83. The Hall–Kier alpha value is -2.78. The normalized spacial score (nSPS) is 11.8. The molecule has 4 aromatic rings. The number of sulfone groups is 1. The summed E-state index contributed by atoms with van der Waals surface area (Å²) in [6.07, 6.45) is 1.18. The van der Waals surface area contributed by atoms with Gasteiger partial charge in [0.1, 0.15) is 0 Å². The molecule has 0 atom stereocenters. The Balaban J connectivity index is 1.57. The molecular weight excluding hydrogens is 394 g/mol. The summed E-state index contributed by atoms with van der Waals surface area (Å²) in [5, 5.41) is 13.9. The first-order valence-corrected chi connectivity index (χ1v) is 11.4. The highest BCUT2D eigenvalue weighted by atomic mass is 32.2. The minimum atomic E-state index is -3.24. The molecule has 2 aromatic heterocycles. The van der Waals surface area contributed by atoms with Gasteiger partial charge in [0.05, 0.1) is 26.9 Å². The molecule has 2 heterocycles. The van der Waals surface area contributed by atoms with Crippen LogP contribution in [0.5, 0.6) is 0 Å². The van der Waals surface area contributed by atoms with E-state index < -0.39 is 9.84 Å². The molecule has 0 saturated carbocycles. The number of hydrogen-bond donors (Lipinski definition) is 0. The lowest BCUT2D eigenvalue weighted by atomic mass is 10.1. The van der Waals surface area contributed by atoms with Crippen molar-refractivity contribution in [3.63, 3.8) is 0 Å². The zero-order valence-corrected chi connectivity index (χ0v) is 16.9. The monoisotopic (exact) mass is 411 g/mol. The number of aromatic nitrogens is 5. The highest BCUT2D eigenvalue weighted by Crippen LogP contribution is 2.26. The summed E-state index contributed by atoms with van der Waals surface area (Å²) in [4.78, 5) is 4.96. The first-order chi connectivity index (χ1) is 13.4. The van der Waals surface area contributed by atoms with Crippen LogP contribution in [-0.4, -0.2) is 39.9 Å². The molecule has 0 unspecified atom stereocenters. The molecule has 0 N–H and O–H groups in total. The van der Waals surface area contributed by atoms with Crippen molar-refractivity contribution < 1.29 is 8.42 Å². The Morgan fingerprint density at radius 3 is 2.57 bits per heavy atom. The molecule has 0 radical (unpaired) electrons. The smallest absolute Gasteiger partial charge is 0.175 e. The second-order valence-electron chi connectivity index (χ2n) is 6.36. The third-order valence-electron chi connectivity index (χ3n) is 4.29. The molecular formula is C19H17N5O2S2. The highest BCUT2D eigenvalue weighted by Gasteiger charge is 2.12. The molecule has 142 valence electrons. The van der Waals surface area contributed by atoms with E-state index in [1.165, 1.54) is 11.8 Å². The Labute approximate surface area is 166 Å². The summed E-state index contributed by atoms with van der Waals surface area (Å²) in [6.45, 7) is 2.07. The number of tetrazole rings is 1. The number of thioether (sulfide) groups is 1. The average molecular weight is 412 g/mol. The van der Waals surface area contributed by atoms with Crippen molar-refractivity contribution in [2.45, 2.75) is 22.6 Å². The van der Waals surface area contributed by atoms with Crippen LogP contribution in [0.2, 0.25) is 0 Å². The third-order valence-corrected chi connectivity index (χ3v) is 6.33. The SMILES string of the molecule is Cc1cc(SCc2nnnn2-c2ccc(S(C)(=O)=O)cc2)nc2ccccc12. The van der Waals surface area contributed by atoms with E-state index in [4.69, 9.17) is 4.98 Å². The van der Waals surface area contributed by atoms with E-state index in [0.29, 0.717) is 17.3 Å². The molecule has 0 fully saturated rings. The molecule has 2 aromatic carbocycles. The zero-order valence-electron chi connectivity index (χ0n) is 15.3.